The van der Waals surface area contributed by atoms with Crippen molar-refractivity contribution < 1.29 is 19.1 Å². The number of hydrogen-bond donors (Lipinski definition) is 1. The summed E-state index contributed by atoms with van der Waals surface area (Å²) in [5.41, 5.74) is 3.95. The van der Waals surface area contributed by atoms with Gasteiger partial charge in [0.05, 0.1) is 23.9 Å². The van der Waals surface area contributed by atoms with Crippen LogP contribution >= 0.6 is 15.9 Å². The maximum Gasteiger partial charge on any atom is 0.343 e. The van der Waals surface area contributed by atoms with Gasteiger partial charge < -0.3 is 9.47 Å². The Labute approximate surface area is 205 Å². The highest BCUT2D eigenvalue weighted by atomic mass is 79.9. The molecular weight excluding hydrogens is 496 g/mol. The van der Waals surface area contributed by atoms with Crippen LogP contribution in [0.5, 0.6) is 11.5 Å². The topological polar surface area (TPSA) is 77.0 Å². The smallest absolute Gasteiger partial charge is 0.343 e. The fourth-order valence-corrected chi connectivity index (χ4v) is 3.84. The first-order valence-corrected chi connectivity index (χ1v) is 11.4. The van der Waals surface area contributed by atoms with E-state index in [-0.39, 0.29) is 5.91 Å². The zero-order valence-electron chi connectivity index (χ0n) is 18.3. The van der Waals surface area contributed by atoms with Crippen LogP contribution in [0.1, 0.15) is 33.2 Å². The molecule has 4 aromatic rings. The maximum absolute atomic E-state index is 12.8. The molecule has 34 heavy (non-hydrogen) atoms. The Balaban J connectivity index is 1.60. The van der Waals surface area contributed by atoms with Crippen molar-refractivity contribution in [3.63, 3.8) is 0 Å². The second-order valence-electron chi connectivity index (χ2n) is 7.22. The second-order valence-corrected chi connectivity index (χ2v) is 8.08. The van der Waals surface area contributed by atoms with Gasteiger partial charge in [0.2, 0.25) is 0 Å². The van der Waals surface area contributed by atoms with Crippen molar-refractivity contribution in [2.45, 2.75) is 6.92 Å². The van der Waals surface area contributed by atoms with Gasteiger partial charge in [-0.2, -0.15) is 5.10 Å². The highest BCUT2D eigenvalue weighted by molar-refractivity contribution is 9.10. The lowest BCUT2D eigenvalue weighted by Gasteiger charge is -2.11. The van der Waals surface area contributed by atoms with Crippen LogP contribution in [0.4, 0.5) is 0 Å². The Hall–Kier alpha value is -3.97. The summed E-state index contributed by atoms with van der Waals surface area (Å²) in [5.74, 6) is 0.136. The fraction of sp³-hybridized carbons (Fsp3) is 0.0741. The number of benzene rings is 4. The molecule has 7 heteroatoms. The summed E-state index contributed by atoms with van der Waals surface area (Å²) in [7, 11) is 0. The quantitative estimate of drug-likeness (QED) is 0.142. The molecule has 0 atom stereocenters. The average Bonchev–Trinajstić information content (AvgIpc) is 2.86. The van der Waals surface area contributed by atoms with E-state index in [2.05, 4.69) is 26.5 Å². The summed E-state index contributed by atoms with van der Waals surface area (Å²) in [5, 5.41) is 5.91. The van der Waals surface area contributed by atoms with Crippen LogP contribution < -0.4 is 14.9 Å². The van der Waals surface area contributed by atoms with Crippen LogP contribution in [0.15, 0.2) is 94.5 Å². The molecule has 0 aliphatic carbocycles. The third kappa shape index (κ3) is 5.32. The summed E-state index contributed by atoms with van der Waals surface area (Å²) in [6.07, 6.45) is 1.48. The number of esters is 1. The molecule has 4 aromatic carbocycles. The van der Waals surface area contributed by atoms with E-state index in [4.69, 9.17) is 9.47 Å². The zero-order chi connectivity index (χ0) is 23.9. The van der Waals surface area contributed by atoms with E-state index in [1.54, 1.807) is 48.5 Å². The largest absolute Gasteiger partial charge is 0.494 e. The van der Waals surface area contributed by atoms with Crippen molar-refractivity contribution in [3.8, 4) is 11.5 Å². The van der Waals surface area contributed by atoms with Gasteiger partial charge in [-0.1, -0.05) is 42.5 Å². The van der Waals surface area contributed by atoms with E-state index in [1.165, 1.54) is 6.21 Å². The molecular formula is C27H21BrN2O4. The normalized spacial score (nSPS) is 10.9. The van der Waals surface area contributed by atoms with Crippen LogP contribution in [0, 0.1) is 0 Å². The predicted octanol–water partition coefficient (Wildman–Crippen LogP) is 5.98. The molecule has 0 aliphatic rings. The molecule has 0 aromatic heterocycles. The molecule has 4 rings (SSSR count). The van der Waals surface area contributed by atoms with E-state index in [0.717, 1.165) is 10.8 Å². The number of rotatable bonds is 7. The van der Waals surface area contributed by atoms with Crippen molar-refractivity contribution in [1.29, 1.82) is 0 Å². The summed E-state index contributed by atoms with van der Waals surface area (Å²) in [6.45, 7) is 2.44. The van der Waals surface area contributed by atoms with Gasteiger partial charge in [-0.3, -0.25) is 4.79 Å². The number of amides is 1. The lowest BCUT2D eigenvalue weighted by molar-refractivity contribution is 0.0734. The number of nitrogens with one attached hydrogen (secondary N) is 1. The first-order chi connectivity index (χ1) is 16.6. The molecule has 0 saturated heterocycles. The van der Waals surface area contributed by atoms with Gasteiger partial charge in [0.1, 0.15) is 11.5 Å². The predicted molar refractivity (Wildman–Crippen MR) is 136 cm³/mol. The van der Waals surface area contributed by atoms with Crippen LogP contribution in [-0.4, -0.2) is 24.7 Å². The Morgan fingerprint density at radius 3 is 2.44 bits per heavy atom. The molecule has 0 aliphatic heterocycles. The first-order valence-electron chi connectivity index (χ1n) is 10.6. The van der Waals surface area contributed by atoms with E-state index in [9.17, 15) is 9.59 Å². The molecule has 170 valence electrons. The molecule has 1 amide bonds. The van der Waals surface area contributed by atoms with Crippen LogP contribution in [0.3, 0.4) is 0 Å². The van der Waals surface area contributed by atoms with Crippen LogP contribution in [-0.2, 0) is 0 Å². The standard InChI is InChI=1S/C27H21BrN2O4/c1-2-33-20-14-11-19(12-15-20)27(32)34-25-16-13-18-7-3-4-8-21(18)23(25)17-29-30-26(31)22-9-5-6-10-24(22)28/h3-17H,2H2,1H3,(H,30,31)/b29-17+. The van der Waals surface area contributed by atoms with Gasteiger partial charge >= 0.3 is 5.97 Å². The molecule has 0 spiro atoms. The Morgan fingerprint density at radius 1 is 0.941 bits per heavy atom. The summed E-state index contributed by atoms with van der Waals surface area (Å²) in [6, 6.07) is 25.1. The van der Waals surface area contributed by atoms with Gasteiger partial charge in [0, 0.05) is 10.0 Å². The summed E-state index contributed by atoms with van der Waals surface area (Å²) in [4.78, 5) is 25.3. The van der Waals surface area contributed by atoms with Gasteiger partial charge in [-0.05, 0) is 76.1 Å². The number of hydrogen-bond acceptors (Lipinski definition) is 5. The number of hydrazone groups is 1. The number of fused-ring (bicyclic) bond motifs is 1. The van der Waals surface area contributed by atoms with Crippen LogP contribution in [0.2, 0.25) is 0 Å². The third-order valence-electron chi connectivity index (χ3n) is 5.01. The molecule has 0 radical (unpaired) electrons. The number of nitrogens with zero attached hydrogens (tertiary/aromatic N) is 1. The van der Waals surface area contributed by atoms with Crippen molar-refractivity contribution >= 4 is 44.8 Å². The van der Waals surface area contributed by atoms with Gasteiger partial charge in [0.15, 0.2) is 0 Å². The highest BCUT2D eigenvalue weighted by Gasteiger charge is 2.14. The molecule has 1 N–H and O–H groups in total. The molecule has 0 heterocycles. The third-order valence-corrected chi connectivity index (χ3v) is 5.70. The summed E-state index contributed by atoms with van der Waals surface area (Å²) >= 11 is 3.36. The SMILES string of the molecule is CCOc1ccc(C(=O)Oc2ccc3ccccc3c2/C=N/NC(=O)c2ccccc2Br)cc1. The van der Waals surface area contributed by atoms with Crippen molar-refractivity contribution in [2.24, 2.45) is 5.10 Å². The van der Waals surface area contributed by atoms with E-state index in [0.29, 0.717) is 39.3 Å². The second kappa shape index (κ2) is 10.8. The number of carbonyl (C=O) groups is 2. The molecule has 0 fully saturated rings. The lowest BCUT2D eigenvalue weighted by Crippen LogP contribution is -2.18. The van der Waals surface area contributed by atoms with Crippen LogP contribution in [0.25, 0.3) is 10.8 Å². The molecule has 6 nitrogen and oxygen atoms in total. The minimum Gasteiger partial charge on any atom is -0.494 e. The average molecular weight is 517 g/mol. The van der Waals surface area contributed by atoms with Gasteiger partial charge in [-0.15, -0.1) is 0 Å². The number of ether oxygens (including phenoxy) is 2. The minimum absolute atomic E-state index is 0.330. The molecule has 0 bridgehead atoms. The first kappa shape index (κ1) is 23.2. The molecule has 0 unspecified atom stereocenters. The fourth-order valence-electron chi connectivity index (χ4n) is 3.37. The zero-order valence-corrected chi connectivity index (χ0v) is 19.9. The van der Waals surface area contributed by atoms with E-state index < -0.39 is 5.97 Å². The maximum atomic E-state index is 12.8. The van der Waals surface area contributed by atoms with Gasteiger partial charge in [0.25, 0.3) is 5.91 Å². The van der Waals surface area contributed by atoms with Gasteiger partial charge in [-0.25, -0.2) is 10.2 Å². The summed E-state index contributed by atoms with van der Waals surface area (Å²) < 4.78 is 11.8. The van der Waals surface area contributed by atoms with E-state index >= 15 is 0 Å². The Kier molecular flexibility index (Phi) is 7.34. The monoisotopic (exact) mass is 516 g/mol. The van der Waals surface area contributed by atoms with Crippen molar-refractivity contribution in [2.75, 3.05) is 6.61 Å². The minimum atomic E-state index is -0.509. The highest BCUT2D eigenvalue weighted by Crippen LogP contribution is 2.28. The Bertz CT molecular complexity index is 1370. The Morgan fingerprint density at radius 2 is 1.68 bits per heavy atom. The molecule has 0 saturated carbocycles. The van der Waals surface area contributed by atoms with Crippen molar-refractivity contribution in [1.82, 2.24) is 5.43 Å². The van der Waals surface area contributed by atoms with Crippen molar-refractivity contribution in [3.05, 3.63) is 106 Å². The number of halogens is 1. The lowest BCUT2D eigenvalue weighted by atomic mass is 10.0. The van der Waals surface area contributed by atoms with E-state index in [1.807, 2.05) is 43.3 Å². The number of carbonyl (C=O) groups excluding carboxylic acids is 2.